The predicted molar refractivity (Wildman–Crippen MR) is 318 cm³/mol. The maximum absolute atomic E-state index is 14.9. The number of aliphatic hydroxyl groups excluding tert-OH is 1. The second-order valence-corrected chi connectivity index (χ2v) is 23.1. The molecule has 1 aliphatic heterocycles. The molecule has 20 N–H and O–H groups in total. The third-order valence-corrected chi connectivity index (χ3v) is 15.9. The number of carboxylic acid groups (broad SMARTS) is 1. The molecule has 9 amide bonds. The second-order valence-electron chi connectivity index (χ2n) is 20.1. The number of carbonyl (C=O) groups excluding carboxylic acids is 9. The summed E-state index contributed by atoms with van der Waals surface area (Å²) in [5.74, 6) is -10.5. The molecule has 0 saturated carbocycles. The zero-order valence-corrected chi connectivity index (χ0v) is 48.6. The van der Waals surface area contributed by atoms with Crippen LogP contribution in [0.25, 0.3) is 0 Å². The number of rotatable bonds is 22. The van der Waals surface area contributed by atoms with Gasteiger partial charge in [-0.25, -0.2) is 0 Å². The highest BCUT2D eigenvalue weighted by atomic mass is 35.5. The van der Waals surface area contributed by atoms with Gasteiger partial charge in [0.15, 0.2) is 0 Å². The minimum Gasteiger partial charge on any atom is -0.508 e. The largest absolute Gasteiger partial charge is 0.508 e. The number of hydrogen-bond acceptors (Lipinski definition) is 18. The Morgan fingerprint density at radius 3 is 1.69 bits per heavy atom. The Balaban J connectivity index is 1.58. The minimum atomic E-state index is -1.79. The fraction of sp³-hybridized carbons (Fsp3) is 0.393. The van der Waals surface area contributed by atoms with E-state index in [-0.39, 0.29) is 73.8 Å². The monoisotopic (exact) mass is 1230 g/mol. The fourth-order valence-corrected chi connectivity index (χ4v) is 10.9. The summed E-state index contributed by atoms with van der Waals surface area (Å²) >= 11 is 6.08. The summed E-state index contributed by atoms with van der Waals surface area (Å²) in [5, 5.41) is 61.3. The molecule has 1 heterocycles. The van der Waals surface area contributed by atoms with Crippen LogP contribution in [0.2, 0.25) is 5.02 Å². The van der Waals surface area contributed by atoms with E-state index in [0.717, 1.165) is 21.6 Å². The first-order valence-electron chi connectivity index (χ1n) is 26.9. The number of amides is 9. The fourth-order valence-electron chi connectivity index (χ4n) is 8.47. The van der Waals surface area contributed by atoms with Crippen molar-refractivity contribution >= 4 is 98.0 Å². The number of nitrogens with two attached hydrogens (primary N) is 4. The number of unbranched alkanes of at least 4 members (excludes halogenated alkanes) is 1. The van der Waals surface area contributed by atoms with Gasteiger partial charge < -0.3 is 85.9 Å². The molecule has 0 radical (unpaired) electrons. The number of nitrogens with one attached hydrogen (secondary N) is 8. The van der Waals surface area contributed by atoms with Gasteiger partial charge in [0.25, 0.3) is 0 Å². The van der Waals surface area contributed by atoms with Crippen LogP contribution in [0.15, 0.2) is 97.1 Å². The van der Waals surface area contributed by atoms with Crippen molar-refractivity contribution in [2.45, 2.75) is 119 Å². The molecular weight excluding hydrogens is 1160 g/mol. The van der Waals surface area contributed by atoms with Crippen LogP contribution in [0.3, 0.4) is 0 Å². The summed E-state index contributed by atoms with van der Waals surface area (Å²) in [4.78, 5) is 138. The lowest BCUT2D eigenvalue weighted by atomic mass is 10.0. The molecule has 10 atom stereocenters. The Kier molecular flexibility index (Phi) is 26.7. The van der Waals surface area contributed by atoms with Gasteiger partial charge in [0.05, 0.1) is 24.6 Å². The number of aromatic hydroxyl groups is 2. The quantitative estimate of drug-likeness (QED) is 0.0327. The Bertz CT molecular complexity index is 2970. The number of aliphatic hydroxyl groups is 1. The first-order chi connectivity index (χ1) is 40.4. The maximum Gasteiger partial charge on any atom is 0.305 e. The first-order valence-corrected chi connectivity index (χ1v) is 29.7. The number of benzene rings is 4. The molecule has 0 bridgehead atoms. The van der Waals surface area contributed by atoms with E-state index in [2.05, 4.69) is 42.5 Å². The van der Waals surface area contributed by atoms with Crippen molar-refractivity contribution in [2.75, 3.05) is 23.4 Å². The average molecular weight is 1240 g/mol. The molecular formula is C56H71ClN12O14S2. The number of primary amides is 1. The molecule has 26 nitrogen and oxygen atoms in total. The molecule has 4 aromatic carbocycles. The van der Waals surface area contributed by atoms with Crippen LogP contribution in [-0.4, -0.2) is 158 Å². The van der Waals surface area contributed by atoms with Crippen molar-refractivity contribution < 1.29 is 68.4 Å². The molecule has 1 fully saturated rings. The Labute approximate surface area is 502 Å². The Hall–Kier alpha value is -7.99. The van der Waals surface area contributed by atoms with Gasteiger partial charge in [0, 0.05) is 41.5 Å². The van der Waals surface area contributed by atoms with Crippen molar-refractivity contribution in [1.82, 2.24) is 37.2 Å². The van der Waals surface area contributed by atoms with Crippen LogP contribution in [0.1, 0.15) is 54.9 Å². The molecule has 0 aromatic heterocycles. The number of phenols is 2. The Morgan fingerprint density at radius 2 is 1.14 bits per heavy atom. The van der Waals surface area contributed by atoms with Gasteiger partial charge in [-0.3, -0.25) is 47.9 Å². The van der Waals surface area contributed by atoms with E-state index in [4.69, 9.17) is 39.6 Å². The van der Waals surface area contributed by atoms with Gasteiger partial charge in [-0.1, -0.05) is 81.7 Å². The number of halogens is 1. The molecule has 1 unspecified atom stereocenters. The highest BCUT2D eigenvalue weighted by Crippen LogP contribution is 2.25. The maximum atomic E-state index is 14.9. The van der Waals surface area contributed by atoms with Gasteiger partial charge in [0.1, 0.15) is 53.8 Å². The lowest BCUT2D eigenvalue weighted by Crippen LogP contribution is -2.62. The van der Waals surface area contributed by atoms with Gasteiger partial charge in [-0.05, 0) is 110 Å². The van der Waals surface area contributed by atoms with Crippen LogP contribution in [0.5, 0.6) is 11.5 Å². The van der Waals surface area contributed by atoms with E-state index in [1.165, 1.54) is 79.7 Å². The van der Waals surface area contributed by atoms with Crippen molar-refractivity contribution in [2.24, 2.45) is 22.9 Å². The van der Waals surface area contributed by atoms with Gasteiger partial charge in [0.2, 0.25) is 53.2 Å². The molecule has 1 aliphatic rings. The zero-order chi connectivity index (χ0) is 62.3. The summed E-state index contributed by atoms with van der Waals surface area (Å²) in [7, 11) is 1.86. The number of carboxylic acids is 1. The Morgan fingerprint density at radius 1 is 0.635 bits per heavy atom. The number of aliphatic carboxylic acids is 1. The number of hydrogen-bond donors (Lipinski definition) is 16. The van der Waals surface area contributed by atoms with E-state index in [9.17, 15) is 63.3 Å². The predicted octanol–water partition coefficient (Wildman–Crippen LogP) is -1.13. The van der Waals surface area contributed by atoms with Crippen LogP contribution in [0.4, 0.5) is 5.69 Å². The van der Waals surface area contributed by atoms with E-state index in [0.29, 0.717) is 33.7 Å². The molecule has 0 spiro atoms. The minimum absolute atomic E-state index is 0.00417. The normalized spacial score (nSPS) is 20.7. The van der Waals surface area contributed by atoms with E-state index in [1.54, 1.807) is 24.3 Å². The zero-order valence-electron chi connectivity index (χ0n) is 46.2. The third kappa shape index (κ3) is 22.5. The number of anilines is 1. The molecule has 85 heavy (non-hydrogen) atoms. The second kappa shape index (κ2) is 33.5. The van der Waals surface area contributed by atoms with Gasteiger partial charge in [-0.15, -0.1) is 0 Å². The van der Waals surface area contributed by atoms with Crippen molar-refractivity contribution in [3.8, 4) is 11.5 Å². The van der Waals surface area contributed by atoms with Gasteiger partial charge in [-0.2, -0.15) is 0 Å². The van der Waals surface area contributed by atoms with Crippen LogP contribution < -0.4 is 65.5 Å². The average Bonchev–Trinajstić information content (AvgIpc) is 3.67. The lowest BCUT2D eigenvalue weighted by molar-refractivity contribution is -0.139. The summed E-state index contributed by atoms with van der Waals surface area (Å²) in [6, 6.07) is 10.4. The van der Waals surface area contributed by atoms with Gasteiger partial charge >= 0.3 is 5.97 Å². The van der Waals surface area contributed by atoms with E-state index < -0.39 is 126 Å². The summed E-state index contributed by atoms with van der Waals surface area (Å²) in [6.45, 7) is 1.37. The lowest BCUT2D eigenvalue weighted by Gasteiger charge is -2.29. The van der Waals surface area contributed by atoms with E-state index in [1.807, 2.05) is 0 Å². The standard InChI is InChI=1S/C56H71ClN12O14S2/c1-29(70)47-56(83)68-45(54(81)64-41(48(61)75)23-32-9-17-36(71)18-10-32)28-85-84-27-44(67-50(77)38(59)22-30-5-13-34(57)14-6-30)55(82)66-43(25-33-11-19-37(72)20-12-33)53(80)65-42(52(79)63-40(51(78)69-47)4-2-3-21-58)24-31-7-15-35(16-8-31)62-49(76)39(60)26-46(73)74/h5-20,29,38-45,47,70-72H,2-4,21-28,58-60H2,1H3,(H2,61,75)(H,62,76)(H,63,79)(H,64,81)(H,65,80)(H,66,82)(H,67,77)(H,68,83)(H,69,78)(H,73,74)/t29-,38+,39?,40+,41-,42-,43+,44-,45+,47+/m1/s1. The molecule has 458 valence electrons. The SMILES string of the molecule is C[C@@H](O)[C@@H]1NC(=O)[C@H](CCCCN)NC(=O)[C@@H](Cc2ccc(NC(=O)C(N)CC(=O)O)cc2)NC(=O)[C@H](Cc2ccc(O)cc2)NC(=O)[C@H](NC(=O)[C@@H](N)Cc2ccc(Cl)cc2)CSSC[C@@H](C(=O)N[C@H](Cc2ccc(O)cc2)C(N)=O)NC1=O. The summed E-state index contributed by atoms with van der Waals surface area (Å²) in [5.41, 5.74) is 25.8. The molecule has 0 aliphatic carbocycles. The van der Waals surface area contributed by atoms with Crippen LogP contribution >= 0.6 is 33.2 Å². The molecule has 1 saturated heterocycles. The summed E-state index contributed by atoms with van der Waals surface area (Å²) < 4.78 is 0. The van der Waals surface area contributed by atoms with Crippen molar-refractivity contribution in [3.63, 3.8) is 0 Å². The summed E-state index contributed by atoms with van der Waals surface area (Å²) in [6.07, 6.45) is -2.49. The van der Waals surface area contributed by atoms with Crippen molar-refractivity contribution in [3.05, 3.63) is 124 Å². The third-order valence-electron chi connectivity index (χ3n) is 13.2. The highest BCUT2D eigenvalue weighted by Gasteiger charge is 2.37. The number of phenolic OH excluding ortho intramolecular Hbond substituents is 2. The van der Waals surface area contributed by atoms with Crippen molar-refractivity contribution in [1.29, 1.82) is 0 Å². The first kappa shape index (κ1) is 67.8. The number of carbonyl (C=O) groups is 10. The van der Waals surface area contributed by atoms with E-state index >= 15 is 0 Å². The smallest absolute Gasteiger partial charge is 0.305 e. The highest BCUT2D eigenvalue weighted by molar-refractivity contribution is 8.76. The molecule has 4 aromatic rings. The molecule has 5 rings (SSSR count). The molecule has 29 heteroatoms. The van der Waals surface area contributed by atoms with Crippen LogP contribution in [0, 0.1) is 0 Å². The van der Waals surface area contributed by atoms with Crippen LogP contribution in [-0.2, 0) is 73.6 Å². The topological polar surface area (TPSA) is 452 Å².